The van der Waals surface area contributed by atoms with Crippen LogP contribution in [0.4, 0.5) is 0 Å². The van der Waals surface area contributed by atoms with Gasteiger partial charge in [-0.1, -0.05) is 55.8 Å². The Bertz CT molecular complexity index is 580. The number of halogens is 2. The average Bonchev–Trinajstić information content (AvgIpc) is 2.50. The summed E-state index contributed by atoms with van der Waals surface area (Å²) in [6, 6.07) is 15.5. The Balaban J connectivity index is 2.19. The zero-order chi connectivity index (χ0) is 15.2. The van der Waals surface area contributed by atoms with E-state index in [4.69, 9.17) is 11.6 Å². The first-order valence-electron chi connectivity index (χ1n) is 7.40. The van der Waals surface area contributed by atoms with Crippen molar-refractivity contribution in [1.29, 1.82) is 0 Å². The van der Waals surface area contributed by atoms with Gasteiger partial charge in [0.2, 0.25) is 0 Å². The molecule has 0 aliphatic heterocycles. The molecule has 0 amide bonds. The van der Waals surface area contributed by atoms with Crippen LogP contribution >= 0.6 is 34.2 Å². The molecule has 2 rings (SSSR count). The second-order valence-electron chi connectivity index (χ2n) is 5.16. The Morgan fingerprint density at radius 1 is 1.05 bits per heavy atom. The van der Waals surface area contributed by atoms with Gasteiger partial charge < -0.3 is 5.32 Å². The minimum Gasteiger partial charge on any atom is -0.310 e. The Hall–Kier alpha value is -0.580. The van der Waals surface area contributed by atoms with Crippen molar-refractivity contribution in [2.75, 3.05) is 6.54 Å². The molecule has 0 aliphatic rings. The Morgan fingerprint density at radius 3 is 2.29 bits per heavy atom. The number of likely N-dealkylation sites (N-methyl/N-ethyl adjacent to an activating group) is 1. The average molecular weight is 414 g/mol. The highest BCUT2D eigenvalue weighted by Gasteiger charge is 2.12. The van der Waals surface area contributed by atoms with Crippen molar-refractivity contribution in [3.8, 4) is 0 Å². The Morgan fingerprint density at radius 2 is 1.71 bits per heavy atom. The quantitative estimate of drug-likeness (QED) is 0.625. The fraction of sp³-hybridized carbons (Fsp3) is 0.333. The highest BCUT2D eigenvalue weighted by Crippen LogP contribution is 2.25. The molecule has 1 atom stereocenters. The maximum Gasteiger partial charge on any atom is 0.0542 e. The molecule has 0 fully saturated rings. The summed E-state index contributed by atoms with van der Waals surface area (Å²) in [5, 5.41) is 4.39. The van der Waals surface area contributed by atoms with Gasteiger partial charge in [-0.05, 0) is 70.8 Å². The van der Waals surface area contributed by atoms with Crippen molar-refractivity contribution in [3.63, 3.8) is 0 Å². The molecule has 1 nitrogen and oxygen atoms in total. The van der Waals surface area contributed by atoms with Crippen LogP contribution in [0.2, 0.25) is 5.02 Å². The van der Waals surface area contributed by atoms with E-state index in [-0.39, 0.29) is 0 Å². The van der Waals surface area contributed by atoms with Crippen LogP contribution in [0.25, 0.3) is 0 Å². The maximum atomic E-state index is 6.27. The van der Waals surface area contributed by atoms with Gasteiger partial charge >= 0.3 is 0 Å². The molecule has 0 aliphatic carbocycles. The van der Waals surface area contributed by atoms with E-state index in [2.05, 4.69) is 84.2 Å². The SMILES string of the molecule is CCNC(Cc1ccc(CC)cc1)c1ccc(I)c(Cl)c1. The topological polar surface area (TPSA) is 12.0 Å². The smallest absolute Gasteiger partial charge is 0.0542 e. The van der Waals surface area contributed by atoms with Crippen LogP contribution in [0.3, 0.4) is 0 Å². The van der Waals surface area contributed by atoms with Crippen LogP contribution in [0, 0.1) is 3.57 Å². The molecule has 0 aromatic heterocycles. The molecule has 3 heteroatoms. The monoisotopic (exact) mass is 413 g/mol. The first-order chi connectivity index (χ1) is 10.1. The van der Waals surface area contributed by atoms with Gasteiger partial charge in [0.25, 0.3) is 0 Å². The normalized spacial score (nSPS) is 12.4. The van der Waals surface area contributed by atoms with Gasteiger partial charge in [-0.3, -0.25) is 0 Å². The summed E-state index contributed by atoms with van der Waals surface area (Å²) in [5.74, 6) is 0. The van der Waals surface area contributed by atoms with Crippen LogP contribution in [-0.2, 0) is 12.8 Å². The van der Waals surface area contributed by atoms with Crippen LogP contribution in [-0.4, -0.2) is 6.54 Å². The predicted molar refractivity (Wildman–Crippen MR) is 100 cm³/mol. The summed E-state index contributed by atoms with van der Waals surface area (Å²) in [4.78, 5) is 0. The molecule has 1 unspecified atom stereocenters. The van der Waals surface area contributed by atoms with Crippen LogP contribution in [0.1, 0.15) is 36.6 Å². The van der Waals surface area contributed by atoms with Gasteiger partial charge in [0.15, 0.2) is 0 Å². The third-order valence-electron chi connectivity index (χ3n) is 3.67. The fourth-order valence-corrected chi connectivity index (χ4v) is 2.95. The summed E-state index contributed by atoms with van der Waals surface area (Å²) in [5.41, 5.74) is 3.99. The molecule has 0 heterocycles. The molecule has 2 aromatic rings. The van der Waals surface area contributed by atoms with Crippen molar-refractivity contribution in [2.45, 2.75) is 32.7 Å². The van der Waals surface area contributed by atoms with Crippen molar-refractivity contribution >= 4 is 34.2 Å². The zero-order valence-corrected chi connectivity index (χ0v) is 15.4. The van der Waals surface area contributed by atoms with E-state index >= 15 is 0 Å². The minimum atomic E-state index is 0.303. The first kappa shape index (κ1) is 16.8. The summed E-state index contributed by atoms with van der Waals surface area (Å²) in [6.07, 6.45) is 2.07. The molecular weight excluding hydrogens is 393 g/mol. The van der Waals surface area contributed by atoms with Crippen molar-refractivity contribution in [3.05, 3.63) is 67.7 Å². The molecule has 0 radical (unpaired) electrons. The van der Waals surface area contributed by atoms with Crippen molar-refractivity contribution in [2.24, 2.45) is 0 Å². The lowest BCUT2D eigenvalue weighted by molar-refractivity contribution is 0.550. The second kappa shape index (κ2) is 8.16. The van der Waals surface area contributed by atoms with E-state index in [1.807, 2.05) is 0 Å². The van der Waals surface area contributed by atoms with Gasteiger partial charge in [-0.15, -0.1) is 0 Å². The maximum absolute atomic E-state index is 6.27. The third kappa shape index (κ3) is 4.70. The standard InChI is InChI=1S/C18H21ClIN/c1-3-13-5-7-14(8-6-13)11-18(21-4-2)15-9-10-17(20)16(19)12-15/h5-10,12,18,21H,3-4,11H2,1-2H3. The largest absolute Gasteiger partial charge is 0.310 e. The summed E-state index contributed by atoms with van der Waals surface area (Å²) >= 11 is 8.53. The van der Waals surface area contributed by atoms with Gasteiger partial charge in [-0.25, -0.2) is 0 Å². The van der Waals surface area contributed by atoms with E-state index in [1.165, 1.54) is 16.7 Å². The molecule has 21 heavy (non-hydrogen) atoms. The molecular formula is C18H21ClIN. The number of nitrogens with one attached hydrogen (secondary N) is 1. The Labute approximate surface area is 146 Å². The molecule has 0 bridgehead atoms. The highest BCUT2D eigenvalue weighted by molar-refractivity contribution is 14.1. The Kier molecular flexibility index (Phi) is 6.52. The molecule has 112 valence electrons. The van der Waals surface area contributed by atoms with E-state index < -0.39 is 0 Å². The highest BCUT2D eigenvalue weighted by atomic mass is 127. The van der Waals surface area contributed by atoms with Crippen LogP contribution in [0.5, 0.6) is 0 Å². The lowest BCUT2D eigenvalue weighted by Gasteiger charge is -2.19. The number of aryl methyl sites for hydroxylation is 1. The van der Waals surface area contributed by atoms with E-state index in [0.717, 1.165) is 28.0 Å². The molecule has 0 saturated carbocycles. The van der Waals surface area contributed by atoms with E-state index in [0.29, 0.717) is 6.04 Å². The molecule has 0 spiro atoms. The van der Waals surface area contributed by atoms with Crippen LogP contribution in [0.15, 0.2) is 42.5 Å². The number of benzene rings is 2. The molecule has 1 N–H and O–H groups in total. The predicted octanol–water partition coefficient (Wildman–Crippen LogP) is 5.40. The third-order valence-corrected chi connectivity index (χ3v) is 5.24. The first-order valence-corrected chi connectivity index (χ1v) is 8.85. The summed E-state index contributed by atoms with van der Waals surface area (Å²) in [7, 11) is 0. The molecule has 0 saturated heterocycles. The minimum absolute atomic E-state index is 0.303. The molecule has 2 aromatic carbocycles. The lowest BCUT2D eigenvalue weighted by Crippen LogP contribution is -2.23. The number of rotatable bonds is 6. The van der Waals surface area contributed by atoms with E-state index in [1.54, 1.807) is 0 Å². The summed E-state index contributed by atoms with van der Waals surface area (Å²) < 4.78 is 1.10. The second-order valence-corrected chi connectivity index (χ2v) is 6.73. The van der Waals surface area contributed by atoms with Gasteiger partial charge in [-0.2, -0.15) is 0 Å². The number of hydrogen-bond donors (Lipinski definition) is 1. The van der Waals surface area contributed by atoms with Crippen LogP contribution < -0.4 is 5.32 Å². The zero-order valence-electron chi connectivity index (χ0n) is 12.5. The van der Waals surface area contributed by atoms with Crippen molar-refractivity contribution < 1.29 is 0 Å². The fourth-order valence-electron chi connectivity index (χ4n) is 2.43. The summed E-state index contributed by atoms with van der Waals surface area (Å²) in [6.45, 7) is 5.27. The van der Waals surface area contributed by atoms with Gasteiger partial charge in [0, 0.05) is 9.61 Å². The van der Waals surface area contributed by atoms with Crippen molar-refractivity contribution in [1.82, 2.24) is 5.32 Å². The van der Waals surface area contributed by atoms with Gasteiger partial charge in [0.05, 0.1) is 5.02 Å². The lowest BCUT2D eigenvalue weighted by atomic mass is 9.98. The number of hydrogen-bond acceptors (Lipinski definition) is 1. The van der Waals surface area contributed by atoms with Gasteiger partial charge in [0.1, 0.15) is 0 Å². The van der Waals surface area contributed by atoms with E-state index in [9.17, 15) is 0 Å².